The molecule has 0 saturated heterocycles. The Kier molecular flexibility index (Phi) is 3.37. The number of fused-ring (bicyclic) bond motifs is 1. The molecule has 1 unspecified atom stereocenters. The highest BCUT2D eigenvalue weighted by Gasteiger charge is 2.23. The molecule has 0 spiro atoms. The Morgan fingerprint density at radius 3 is 3.00 bits per heavy atom. The topological polar surface area (TPSA) is 51.1 Å². The molecule has 1 heterocycles. The molecule has 102 valence electrons. The first-order valence-electron chi connectivity index (χ1n) is 6.75. The molecule has 4 nitrogen and oxygen atoms in total. The molecule has 1 aliphatic carbocycles. The number of carbonyl (C=O) groups is 2. The molecule has 0 aliphatic heterocycles. The van der Waals surface area contributed by atoms with Gasteiger partial charge in [0.1, 0.15) is 6.54 Å². The Morgan fingerprint density at radius 2 is 2.15 bits per heavy atom. The van der Waals surface area contributed by atoms with Gasteiger partial charge in [0.2, 0.25) is 5.91 Å². The minimum absolute atomic E-state index is 0.0639. The summed E-state index contributed by atoms with van der Waals surface area (Å²) in [4.78, 5) is 22.9. The number of carbonyl (C=O) groups excluding carboxylic acids is 2. The van der Waals surface area contributed by atoms with Crippen LogP contribution in [0, 0.1) is 0 Å². The second-order valence-electron chi connectivity index (χ2n) is 5.04. The van der Waals surface area contributed by atoms with E-state index in [4.69, 9.17) is 0 Å². The zero-order valence-electron chi connectivity index (χ0n) is 11.1. The third-order valence-corrected chi connectivity index (χ3v) is 3.77. The molecule has 1 aliphatic rings. The molecule has 0 bridgehead atoms. The summed E-state index contributed by atoms with van der Waals surface area (Å²) in [5.41, 5.74) is 3.04. The van der Waals surface area contributed by atoms with Crippen molar-refractivity contribution in [2.75, 3.05) is 0 Å². The van der Waals surface area contributed by atoms with Crippen molar-refractivity contribution in [3.8, 4) is 0 Å². The van der Waals surface area contributed by atoms with E-state index in [2.05, 4.69) is 17.4 Å². The SMILES string of the molecule is O=Cc1cccn1CC(=O)NC1CCc2ccccc21. The van der Waals surface area contributed by atoms with Crippen molar-refractivity contribution in [2.24, 2.45) is 0 Å². The van der Waals surface area contributed by atoms with Crippen LogP contribution < -0.4 is 5.32 Å². The second kappa shape index (κ2) is 5.33. The van der Waals surface area contributed by atoms with Crippen molar-refractivity contribution in [3.05, 3.63) is 59.4 Å². The van der Waals surface area contributed by atoms with Crippen molar-refractivity contribution in [1.29, 1.82) is 0 Å². The maximum absolute atomic E-state index is 12.1. The molecular formula is C16H16N2O2. The third-order valence-electron chi connectivity index (χ3n) is 3.77. The normalized spacial score (nSPS) is 16.7. The lowest BCUT2D eigenvalue weighted by atomic mass is 10.1. The quantitative estimate of drug-likeness (QED) is 0.863. The van der Waals surface area contributed by atoms with Crippen LogP contribution in [0.25, 0.3) is 0 Å². The number of aryl methyl sites for hydroxylation is 1. The zero-order valence-corrected chi connectivity index (χ0v) is 11.1. The van der Waals surface area contributed by atoms with Crippen LogP contribution in [0.1, 0.15) is 34.1 Å². The van der Waals surface area contributed by atoms with E-state index in [0.717, 1.165) is 19.1 Å². The van der Waals surface area contributed by atoms with E-state index in [-0.39, 0.29) is 18.5 Å². The number of aromatic nitrogens is 1. The van der Waals surface area contributed by atoms with E-state index in [1.54, 1.807) is 22.9 Å². The van der Waals surface area contributed by atoms with Crippen LogP contribution in [-0.2, 0) is 17.8 Å². The smallest absolute Gasteiger partial charge is 0.240 e. The summed E-state index contributed by atoms with van der Waals surface area (Å²) in [6.45, 7) is 0.180. The lowest BCUT2D eigenvalue weighted by Gasteiger charge is -2.14. The highest BCUT2D eigenvalue weighted by Crippen LogP contribution is 2.30. The first-order chi connectivity index (χ1) is 9.78. The maximum Gasteiger partial charge on any atom is 0.240 e. The van der Waals surface area contributed by atoms with Gasteiger partial charge in [0.15, 0.2) is 6.29 Å². The molecule has 1 amide bonds. The monoisotopic (exact) mass is 268 g/mol. The van der Waals surface area contributed by atoms with Crippen molar-refractivity contribution >= 4 is 12.2 Å². The Balaban J connectivity index is 1.67. The number of aldehydes is 1. The largest absolute Gasteiger partial charge is 0.348 e. The van der Waals surface area contributed by atoms with Gasteiger partial charge in [0, 0.05) is 6.20 Å². The second-order valence-corrected chi connectivity index (χ2v) is 5.04. The number of hydrogen-bond donors (Lipinski definition) is 1. The summed E-state index contributed by atoms with van der Waals surface area (Å²) in [5, 5.41) is 3.05. The van der Waals surface area contributed by atoms with Crippen LogP contribution in [0.4, 0.5) is 0 Å². The first-order valence-corrected chi connectivity index (χ1v) is 6.75. The van der Waals surface area contributed by atoms with Crippen LogP contribution in [-0.4, -0.2) is 16.8 Å². The lowest BCUT2D eigenvalue weighted by molar-refractivity contribution is -0.122. The van der Waals surface area contributed by atoms with E-state index in [9.17, 15) is 9.59 Å². The fourth-order valence-electron chi connectivity index (χ4n) is 2.78. The van der Waals surface area contributed by atoms with Crippen molar-refractivity contribution in [1.82, 2.24) is 9.88 Å². The fourth-order valence-corrected chi connectivity index (χ4v) is 2.78. The van der Waals surface area contributed by atoms with E-state index in [0.29, 0.717) is 5.69 Å². The Morgan fingerprint density at radius 1 is 1.30 bits per heavy atom. The summed E-state index contributed by atoms with van der Waals surface area (Å²) in [5.74, 6) is -0.0639. The molecule has 4 heteroatoms. The minimum atomic E-state index is -0.0639. The number of hydrogen-bond acceptors (Lipinski definition) is 2. The van der Waals surface area contributed by atoms with Crippen LogP contribution in [0.5, 0.6) is 0 Å². The number of nitrogens with one attached hydrogen (secondary N) is 1. The molecule has 2 aromatic rings. The molecule has 20 heavy (non-hydrogen) atoms. The molecule has 1 N–H and O–H groups in total. The predicted molar refractivity (Wildman–Crippen MR) is 75.5 cm³/mol. The van der Waals surface area contributed by atoms with E-state index in [1.807, 2.05) is 12.1 Å². The van der Waals surface area contributed by atoms with Gasteiger partial charge in [-0.2, -0.15) is 0 Å². The average molecular weight is 268 g/mol. The van der Waals surface area contributed by atoms with Crippen molar-refractivity contribution in [2.45, 2.75) is 25.4 Å². The van der Waals surface area contributed by atoms with Gasteiger partial charge in [-0.05, 0) is 36.1 Å². The Bertz CT molecular complexity index is 645. The maximum atomic E-state index is 12.1. The third kappa shape index (κ3) is 2.37. The summed E-state index contributed by atoms with van der Waals surface area (Å²) >= 11 is 0. The van der Waals surface area contributed by atoms with E-state index < -0.39 is 0 Å². The highest BCUT2D eigenvalue weighted by molar-refractivity contribution is 5.79. The summed E-state index contributed by atoms with van der Waals surface area (Å²) in [7, 11) is 0. The summed E-state index contributed by atoms with van der Waals surface area (Å²) in [6, 6.07) is 11.8. The summed E-state index contributed by atoms with van der Waals surface area (Å²) in [6.07, 6.45) is 4.45. The number of benzene rings is 1. The van der Waals surface area contributed by atoms with Crippen LogP contribution in [0.2, 0.25) is 0 Å². The van der Waals surface area contributed by atoms with Gasteiger partial charge in [-0.25, -0.2) is 0 Å². The van der Waals surface area contributed by atoms with Gasteiger partial charge in [0.05, 0.1) is 11.7 Å². The van der Waals surface area contributed by atoms with Crippen molar-refractivity contribution in [3.63, 3.8) is 0 Å². The molecule has 3 rings (SSSR count). The van der Waals surface area contributed by atoms with Gasteiger partial charge < -0.3 is 9.88 Å². The number of amides is 1. The minimum Gasteiger partial charge on any atom is -0.348 e. The summed E-state index contributed by atoms with van der Waals surface area (Å²) < 4.78 is 1.66. The van der Waals surface area contributed by atoms with Gasteiger partial charge >= 0.3 is 0 Å². The van der Waals surface area contributed by atoms with Gasteiger partial charge in [-0.3, -0.25) is 9.59 Å². The first kappa shape index (κ1) is 12.7. The number of rotatable bonds is 4. The average Bonchev–Trinajstić information content (AvgIpc) is 3.06. The lowest BCUT2D eigenvalue weighted by Crippen LogP contribution is -2.30. The number of nitrogens with zero attached hydrogens (tertiary/aromatic N) is 1. The zero-order chi connectivity index (χ0) is 13.9. The molecule has 0 radical (unpaired) electrons. The standard InChI is InChI=1S/C16H16N2O2/c19-11-13-5-3-9-18(13)10-16(20)17-15-8-7-12-4-1-2-6-14(12)15/h1-6,9,11,15H,7-8,10H2,(H,17,20). The molecule has 0 fully saturated rings. The predicted octanol–water partition coefficient (Wildman–Crippen LogP) is 2.10. The van der Waals surface area contributed by atoms with Crippen LogP contribution in [0.15, 0.2) is 42.6 Å². The fraction of sp³-hybridized carbons (Fsp3) is 0.250. The van der Waals surface area contributed by atoms with Gasteiger partial charge in [0.25, 0.3) is 0 Å². The van der Waals surface area contributed by atoms with Crippen LogP contribution in [0.3, 0.4) is 0 Å². The highest BCUT2D eigenvalue weighted by atomic mass is 16.2. The Hall–Kier alpha value is -2.36. The molecule has 0 saturated carbocycles. The van der Waals surface area contributed by atoms with Gasteiger partial charge in [-0.1, -0.05) is 24.3 Å². The van der Waals surface area contributed by atoms with Gasteiger partial charge in [-0.15, -0.1) is 0 Å². The molecule has 1 aromatic heterocycles. The Labute approximate surface area is 117 Å². The van der Waals surface area contributed by atoms with E-state index >= 15 is 0 Å². The van der Waals surface area contributed by atoms with Crippen LogP contribution >= 0.6 is 0 Å². The van der Waals surface area contributed by atoms with Crippen molar-refractivity contribution < 1.29 is 9.59 Å². The molecule has 1 aromatic carbocycles. The van der Waals surface area contributed by atoms with E-state index in [1.165, 1.54) is 11.1 Å². The molecule has 1 atom stereocenters. The molecular weight excluding hydrogens is 252 g/mol.